The van der Waals surface area contributed by atoms with Crippen molar-refractivity contribution in [3.8, 4) is 0 Å². The summed E-state index contributed by atoms with van der Waals surface area (Å²) in [4.78, 5) is 0. The second kappa shape index (κ2) is 8.93. The van der Waals surface area contributed by atoms with Crippen molar-refractivity contribution < 1.29 is 4.74 Å². The molecule has 0 heterocycles. The second-order valence-electron chi connectivity index (χ2n) is 6.22. The summed E-state index contributed by atoms with van der Waals surface area (Å²) in [7, 11) is 1.85. The summed E-state index contributed by atoms with van der Waals surface area (Å²) in [6.07, 6.45) is 6.36. The van der Waals surface area contributed by atoms with Gasteiger partial charge in [0.15, 0.2) is 0 Å². The van der Waals surface area contributed by atoms with Crippen LogP contribution in [0.2, 0.25) is 0 Å². The monoisotopic (exact) mass is 243 g/mol. The van der Waals surface area contributed by atoms with E-state index in [0.717, 1.165) is 13.0 Å². The number of ether oxygens (including phenoxy) is 1. The van der Waals surface area contributed by atoms with Gasteiger partial charge in [0.25, 0.3) is 0 Å². The van der Waals surface area contributed by atoms with Crippen molar-refractivity contribution in [2.24, 2.45) is 5.41 Å². The van der Waals surface area contributed by atoms with Gasteiger partial charge in [0.05, 0.1) is 6.10 Å². The van der Waals surface area contributed by atoms with E-state index >= 15 is 0 Å². The Bertz CT molecular complexity index is 174. The summed E-state index contributed by atoms with van der Waals surface area (Å²) >= 11 is 0. The molecule has 0 rings (SSSR count). The average molecular weight is 243 g/mol. The van der Waals surface area contributed by atoms with Crippen LogP contribution in [0.3, 0.4) is 0 Å². The Kier molecular flexibility index (Phi) is 8.89. The number of hydrogen-bond donors (Lipinski definition) is 1. The van der Waals surface area contributed by atoms with Crippen LogP contribution >= 0.6 is 0 Å². The fraction of sp³-hybridized carbons (Fsp3) is 1.00. The van der Waals surface area contributed by atoms with E-state index in [2.05, 4.69) is 39.9 Å². The van der Waals surface area contributed by atoms with Crippen LogP contribution in [-0.4, -0.2) is 25.8 Å². The molecular weight excluding hydrogens is 210 g/mol. The van der Waals surface area contributed by atoms with Crippen molar-refractivity contribution in [1.29, 1.82) is 0 Å². The Balaban J connectivity index is 4.28. The summed E-state index contributed by atoms with van der Waals surface area (Å²) in [5.74, 6) is 0. The predicted molar refractivity (Wildman–Crippen MR) is 76.5 cm³/mol. The summed E-state index contributed by atoms with van der Waals surface area (Å²) in [5.41, 5.74) is 0.413. The van der Waals surface area contributed by atoms with Gasteiger partial charge in [-0.15, -0.1) is 0 Å². The highest BCUT2D eigenvalue weighted by atomic mass is 16.5. The molecule has 0 spiro atoms. The number of rotatable bonds is 9. The molecule has 0 fully saturated rings. The molecule has 0 saturated carbocycles. The van der Waals surface area contributed by atoms with Gasteiger partial charge in [-0.05, 0) is 37.6 Å². The minimum absolute atomic E-state index is 0.369. The summed E-state index contributed by atoms with van der Waals surface area (Å²) in [5, 5.41) is 3.65. The predicted octanol–water partition coefficient (Wildman–Crippen LogP) is 4.00. The molecule has 0 bridgehead atoms. The van der Waals surface area contributed by atoms with Gasteiger partial charge in [-0.2, -0.15) is 0 Å². The van der Waals surface area contributed by atoms with E-state index < -0.39 is 0 Å². The molecule has 2 unspecified atom stereocenters. The maximum Gasteiger partial charge on any atom is 0.0724 e. The molecule has 1 N–H and O–H groups in total. The summed E-state index contributed by atoms with van der Waals surface area (Å²) in [6, 6.07) is 0.513. The van der Waals surface area contributed by atoms with Gasteiger partial charge in [-0.3, -0.25) is 0 Å². The Morgan fingerprint density at radius 1 is 1.06 bits per heavy atom. The van der Waals surface area contributed by atoms with E-state index in [1.807, 2.05) is 7.11 Å². The van der Waals surface area contributed by atoms with Crippen molar-refractivity contribution >= 4 is 0 Å². The fourth-order valence-electron chi connectivity index (χ4n) is 2.11. The van der Waals surface area contributed by atoms with E-state index in [4.69, 9.17) is 4.74 Å². The molecule has 0 aromatic carbocycles. The van der Waals surface area contributed by atoms with Gasteiger partial charge in [0.2, 0.25) is 0 Å². The van der Waals surface area contributed by atoms with Crippen LogP contribution in [0.1, 0.15) is 66.7 Å². The molecule has 0 amide bonds. The lowest BCUT2D eigenvalue weighted by atomic mass is 9.87. The zero-order valence-corrected chi connectivity index (χ0v) is 12.8. The topological polar surface area (TPSA) is 21.3 Å². The molecule has 2 atom stereocenters. The molecule has 0 aliphatic rings. The smallest absolute Gasteiger partial charge is 0.0724 e. The average Bonchev–Trinajstić information content (AvgIpc) is 2.25. The number of methoxy groups -OCH3 is 1. The molecule has 104 valence electrons. The first-order chi connectivity index (χ1) is 7.94. The van der Waals surface area contributed by atoms with Crippen molar-refractivity contribution in [1.82, 2.24) is 5.32 Å². The van der Waals surface area contributed by atoms with Gasteiger partial charge in [0, 0.05) is 13.2 Å². The van der Waals surface area contributed by atoms with Gasteiger partial charge in [0.1, 0.15) is 0 Å². The Morgan fingerprint density at radius 2 is 1.71 bits per heavy atom. The quantitative estimate of drug-likeness (QED) is 0.661. The highest BCUT2D eigenvalue weighted by Gasteiger charge is 2.22. The van der Waals surface area contributed by atoms with Crippen LogP contribution in [0.25, 0.3) is 0 Å². The largest absolute Gasteiger partial charge is 0.380 e. The van der Waals surface area contributed by atoms with E-state index in [1.165, 1.54) is 25.7 Å². The van der Waals surface area contributed by atoms with Crippen LogP contribution in [-0.2, 0) is 4.74 Å². The highest BCUT2D eigenvalue weighted by molar-refractivity contribution is 4.79. The lowest BCUT2D eigenvalue weighted by molar-refractivity contribution is 0.0544. The minimum atomic E-state index is 0.369. The first-order valence-corrected chi connectivity index (χ1v) is 7.20. The third-order valence-corrected chi connectivity index (χ3v) is 3.19. The van der Waals surface area contributed by atoms with Crippen molar-refractivity contribution in [3.05, 3.63) is 0 Å². The number of hydrogen-bond acceptors (Lipinski definition) is 2. The van der Waals surface area contributed by atoms with Crippen LogP contribution < -0.4 is 5.32 Å². The molecule has 0 saturated heterocycles. The second-order valence-corrected chi connectivity index (χ2v) is 6.22. The fourth-order valence-corrected chi connectivity index (χ4v) is 2.11. The van der Waals surface area contributed by atoms with Crippen molar-refractivity contribution in [2.75, 3.05) is 13.7 Å². The van der Waals surface area contributed by atoms with E-state index in [-0.39, 0.29) is 0 Å². The van der Waals surface area contributed by atoms with Crippen LogP contribution in [0.15, 0.2) is 0 Å². The molecule has 2 nitrogen and oxygen atoms in total. The van der Waals surface area contributed by atoms with Gasteiger partial charge >= 0.3 is 0 Å². The molecule has 17 heavy (non-hydrogen) atoms. The van der Waals surface area contributed by atoms with E-state index in [0.29, 0.717) is 17.6 Å². The molecule has 0 aromatic heterocycles. The lowest BCUT2D eigenvalue weighted by Gasteiger charge is -2.29. The molecule has 0 aromatic rings. The van der Waals surface area contributed by atoms with Crippen LogP contribution in [0, 0.1) is 5.41 Å². The van der Waals surface area contributed by atoms with Gasteiger partial charge < -0.3 is 10.1 Å². The normalized spacial score (nSPS) is 15.9. The van der Waals surface area contributed by atoms with Crippen molar-refractivity contribution in [2.45, 2.75) is 78.9 Å². The Labute approximate surface area is 109 Å². The molecule has 0 aliphatic heterocycles. The van der Waals surface area contributed by atoms with E-state index in [9.17, 15) is 0 Å². The number of nitrogens with one attached hydrogen (secondary N) is 1. The molecule has 0 aliphatic carbocycles. The highest BCUT2D eigenvalue weighted by Crippen LogP contribution is 2.23. The lowest BCUT2D eigenvalue weighted by Crippen LogP contribution is -2.41. The molecule has 0 radical (unpaired) electrons. The van der Waals surface area contributed by atoms with Crippen LogP contribution in [0.5, 0.6) is 0 Å². The zero-order valence-electron chi connectivity index (χ0n) is 12.8. The maximum absolute atomic E-state index is 5.65. The van der Waals surface area contributed by atoms with Crippen LogP contribution in [0.4, 0.5) is 0 Å². The molecule has 2 heteroatoms. The SMILES string of the molecule is CCCNC(CCC(C)(C)C)C(CCC)OC. The van der Waals surface area contributed by atoms with Gasteiger partial charge in [-0.1, -0.05) is 41.0 Å². The Morgan fingerprint density at radius 3 is 2.12 bits per heavy atom. The van der Waals surface area contributed by atoms with E-state index in [1.54, 1.807) is 0 Å². The first kappa shape index (κ1) is 16.9. The van der Waals surface area contributed by atoms with Crippen molar-refractivity contribution in [3.63, 3.8) is 0 Å². The minimum Gasteiger partial charge on any atom is -0.380 e. The maximum atomic E-state index is 5.65. The third kappa shape index (κ3) is 8.62. The standard InChI is InChI=1S/C15H33NO/c1-7-9-14(17-6)13(16-12-8-2)10-11-15(3,4)5/h13-14,16H,7-12H2,1-6H3. The summed E-state index contributed by atoms with van der Waals surface area (Å²) in [6.45, 7) is 12.5. The summed E-state index contributed by atoms with van der Waals surface area (Å²) < 4.78 is 5.65. The van der Waals surface area contributed by atoms with Gasteiger partial charge in [-0.25, -0.2) is 0 Å². The molecular formula is C15H33NO. The Hall–Kier alpha value is -0.0800. The zero-order chi connectivity index (χ0) is 13.3. The first-order valence-electron chi connectivity index (χ1n) is 7.20. The third-order valence-electron chi connectivity index (χ3n) is 3.19.